The van der Waals surface area contributed by atoms with Gasteiger partial charge < -0.3 is 14.8 Å². The van der Waals surface area contributed by atoms with Gasteiger partial charge in [-0.3, -0.25) is 19.3 Å². The Labute approximate surface area is 167 Å². The van der Waals surface area contributed by atoms with Crippen LogP contribution in [0.2, 0.25) is 5.02 Å². The summed E-state index contributed by atoms with van der Waals surface area (Å²) in [5, 5.41) is 2.54. The van der Waals surface area contributed by atoms with Crippen molar-refractivity contribution in [3.63, 3.8) is 0 Å². The van der Waals surface area contributed by atoms with Crippen LogP contribution < -0.4 is 14.8 Å². The van der Waals surface area contributed by atoms with Crippen molar-refractivity contribution >= 4 is 46.5 Å². The fourth-order valence-corrected chi connectivity index (χ4v) is 3.40. The monoisotopic (exact) mass is 412 g/mol. The third-order valence-electron chi connectivity index (χ3n) is 3.82. The molecule has 3 amide bonds. The SMILES string of the molecule is CCCCNC(=O)CN1C(=O)S/C(=C\c2cc(OC)c(OC)cc2Cl)C1=O. The van der Waals surface area contributed by atoms with Gasteiger partial charge in [-0.15, -0.1) is 0 Å². The summed E-state index contributed by atoms with van der Waals surface area (Å²) in [6.07, 6.45) is 3.28. The van der Waals surface area contributed by atoms with Gasteiger partial charge in [0.25, 0.3) is 11.1 Å². The largest absolute Gasteiger partial charge is 0.493 e. The molecule has 1 aliphatic heterocycles. The highest BCUT2D eigenvalue weighted by atomic mass is 35.5. The van der Waals surface area contributed by atoms with Gasteiger partial charge in [-0.05, 0) is 35.9 Å². The van der Waals surface area contributed by atoms with Crippen LogP contribution in [0, 0.1) is 0 Å². The van der Waals surface area contributed by atoms with E-state index in [0.29, 0.717) is 28.6 Å². The minimum atomic E-state index is -0.526. The van der Waals surface area contributed by atoms with Crippen LogP contribution >= 0.6 is 23.4 Å². The fourth-order valence-electron chi connectivity index (χ4n) is 2.36. The van der Waals surface area contributed by atoms with Crippen LogP contribution in [0.15, 0.2) is 17.0 Å². The van der Waals surface area contributed by atoms with E-state index < -0.39 is 11.1 Å². The molecule has 0 saturated carbocycles. The minimum Gasteiger partial charge on any atom is -0.493 e. The van der Waals surface area contributed by atoms with Gasteiger partial charge in [0, 0.05) is 12.6 Å². The standard InChI is InChI=1S/C18H21ClN2O5S/c1-4-5-6-20-16(22)10-21-17(23)15(27-18(21)24)8-11-7-13(25-2)14(26-3)9-12(11)19/h7-9H,4-6,10H2,1-3H3,(H,20,22)/b15-8-. The molecule has 146 valence electrons. The first-order chi connectivity index (χ1) is 12.9. The van der Waals surface area contributed by atoms with Crippen molar-refractivity contribution in [2.75, 3.05) is 27.3 Å². The molecule has 1 heterocycles. The number of thioether (sulfide) groups is 1. The van der Waals surface area contributed by atoms with Crippen molar-refractivity contribution in [1.29, 1.82) is 0 Å². The van der Waals surface area contributed by atoms with Crippen molar-refractivity contribution in [3.05, 3.63) is 27.6 Å². The fraction of sp³-hybridized carbons (Fsp3) is 0.389. The van der Waals surface area contributed by atoms with Crippen LogP contribution in [0.1, 0.15) is 25.3 Å². The first-order valence-corrected chi connectivity index (χ1v) is 9.54. The average Bonchev–Trinajstić information content (AvgIpc) is 2.90. The number of benzene rings is 1. The summed E-state index contributed by atoms with van der Waals surface area (Å²) in [6, 6.07) is 3.18. The lowest BCUT2D eigenvalue weighted by Crippen LogP contribution is -2.39. The van der Waals surface area contributed by atoms with Crippen LogP contribution in [0.4, 0.5) is 4.79 Å². The number of halogens is 1. The quantitative estimate of drug-likeness (QED) is 0.520. The molecule has 1 aromatic rings. The Kier molecular flexibility index (Phi) is 7.55. The van der Waals surface area contributed by atoms with E-state index in [1.165, 1.54) is 20.3 Å². The average molecular weight is 413 g/mol. The van der Waals surface area contributed by atoms with Gasteiger partial charge in [-0.2, -0.15) is 0 Å². The molecule has 7 nitrogen and oxygen atoms in total. The number of carbonyl (C=O) groups excluding carboxylic acids is 3. The van der Waals surface area contributed by atoms with Crippen molar-refractivity contribution in [1.82, 2.24) is 10.2 Å². The summed E-state index contributed by atoms with van der Waals surface area (Å²) in [5.41, 5.74) is 0.507. The number of nitrogens with zero attached hydrogens (tertiary/aromatic N) is 1. The topological polar surface area (TPSA) is 84.9 Å². The Balaban J connectivity index is 2.17. The maximum absolute atomic E-state index is 12.5. The molecule has 1 saturated heterocycles. The lowest BCUT2D eigenvalue weighted by atomic mass is 10.1. The second-order valence-corrected chi connectivity index (χ2v) is 7.10. The van der Waals surface area contributed by atoms with E-state index >= 15 is 0 Å². The van der Waals surface area contributed by atoms with Crippen molar-refractivity contribution in [2.24, 2.45) is 0 Å². The summed E-state index contributed by atoms with van der Waals surface area (Å²) in [6.45, 7) is 2.22. The molecule has 1 aromatic carbocycles. The highest BCUT2D eigenvalue weighted by Crippen LogP contribution is 2.37. The molecule has 27 heavy (non-hydrogen) atoms. The smallest absolute Gasteiger partial charge is 0.294 e. The van der Waals surface area contributed by atoms with Crippen LogP contribution in [-0.4, -0.2) is 49.3 Å². The van der Waals surface area contributed by atoms with Crippen molar-refractivity contribution in [3.8, 4) is 11.5 Å². The number of amides is 3. The van der Waals surface area contributed by atoms with Crippen LogP contribution in [-0.2, 0) is 9.59 Å². The number of rotatable bonds is 8. The molecule has 0 unspecified atom stereocenters. The number of nitrogens with one attached hydrogen (secondary N) is 1. The second kappa shape index (κ2) is 9.66. The summed E-state index contributed by atoms with van der Waals surface area (Å²) in [5.74, 6) is 0.0110. The van der Waals surface area contributed by atoms with Gasteiger partial charge in [0.15, 0.2) is 11.5 Å². The van der Waals surface area contributed by atoms with Gasteiger partial charge in [0.05, 0.1) is 24.1 Å². The van der Waals surface area contributed by atoms with Gasteiger partial charge >= 0.3 is 0 Å². The van der Waals surface area contributed by atoms with Crippen molar-refractivity contribution < 1.29 is 23.9 Å². The normalized spacial score (nSPS) is 15.4. The number of unbranched alkanes of at least 4 members (excludes halogenated alkanes) is 1. The maximum atomic E-state index is 12.5. The molecule has 9 heteroatoms. The van der Waals surface area contributed by atoms with E-state index in [9.17, 15) is 14.4 Å². The molecule has 0 aromatic heterocycles. The molecule has 2 rings (SSSR count). The second-order valence-electron chi connectivity index (χ2n) is 5.70. The van der Waals surface area contributed by atoms with E-state index in [1.807, 2.05) is 6.92 Å². The first kappa shape index (κ1) is 21.1. The zero-order valence-electron chi connectivity index (χ0n) is 15.3. The van der Waals surface area contributed by atoms with Crippen LogP contribution in [0.3, 0.4) is 0 Å². The molecular formula is C18H21ClN2O5S. The Hall–Kier alpha value is -2.19. The number of hydrogen-bond donors (Lipinski definition) is 1. The first-order valence-electron chi connectivity index (χ1n) is 8.34. The number of methoxy groups -OCH3 is 2. The van der Waals surface area contributed by atoms with Gasteiger partial charge in [0.2, 0.25) is 5.91 Å². The van der Waals surface area contributed by atoms with Gasteiger partial charge in [-0.1, -0.05) is 24.9 Å². The van der Waals surface area contributed by atoms with Gasteiger partial charge in [0.1, 0.15) is 6.54 Å². The lowest BCUT2D eigenvalue weighted by Gasteiger charge is -2.12. The zero-order chi connectivity index (χ0) is 20.0. The maximum Gasteiger partial charge on any atom is 0.294 e. The van der Waals surface area contributed by atoms with E-state index in [4.69, 9.17) is 21.1 Å². The summed E-state index contributed by atoms with van der Waals surface area (Å²) < 4.78 is 10.4. The molecule has 1 aliphatic rings. The van der Waals surface area contributed by atoms with Gasteiger partial charge in [-0.25, -0.2) is 0 Å². The molecule has 1 fully saturated rings. The van der Waals surface area contributed by atoms with E-state index in [1.54, 1.807) is 12.1 Å². The summed E-state index contributed by atoms with van der Waals surface area (Å²) >= 11 is 6.99. The predicted molar refractivity (Wildman–Crippen MR) is 105 cm³/mol. The molecule has 0 radical (unpaired) electrons. The number of hydrogen-bond acceptors (Lipinski definition) is 6. The number of carbonyl (C=O) groups is 3. The zero-order valence-corrected chi connectivity index (χ0v) is 16.9. The highest BCUT2D eigenvalue weighted by Gasteiger charge is 2.36. The number of ether oxygens (including phenoxy) is 2. The summed E-state index contributed by atoms with van der Waals surface area (Å²) in [7, 11) is 2.98. The van der Waals surface area contributed by atoms with Crippen LogP contribution in [0.25, 0.3) is 6.08 Å². The third kappa shape index (κ3) is 5.17. The van der Waals surface area contributed by atoms with Crippen molar-refractivity contribution in [2.45, 2.75) is 19.8 Å². The van der Waals surface area contributed by atoms with E-state index in [2.05, 4.69) is 5.32 Å². The number of imide groups is 1. The molecule has 0 atom stereocenters. The van der Waals surface area contributed by atoms with E-state index in [-0.39, 0.29) is 17.4 Å². The Bertz CT molecular complexity index is 781. The minimum absolute atomic E-state index is 0.190. The molecule has 0 aliphatic carbocycles. The Morgan fingerprint density at radius 1 is 1.26 bits per heavy atom. The summed E-state index contributed by atoms with van der Waals surface area (Å²) in [4.78, 5) is 37.7. The molecule has 0 spiro atoms. The molecule has 0 bridgehead atoms. The molecule has 1 N–H and O–H groups in total. The van der Waals surface area contributed by atoms with E-state index in [0.717, 1.165) is 29.5 Å². The predicted octanol–water partition coefficient (Wildman–Crippen LogP) is 3.31. The highest BCUT2D eigenvalue weighted by molar-refractivity contribution is 8.18. The Morgan fingerprint density at radius 3 is 2.56 bits per heavy atom. The molecular weight excluding hydrogens is 392 g/mol. The van der Waals surface area contributed by atoms with Crippen LogP contribution in [0.5, 0.6) is 11.5 Å². The lowest BCUT2D eigenvalue weighted by molar-refractivity contribution is -0.129. The Morgan fingerprint density at radius 2 is 1.93 bits per heavy atom. The third-order valence-corrected chi connectivity index (χ3v) is 5.05.